The summed E-state index contributed by atoms with van der Waals surface area (Å²) < 4.78 is 10.3. The zero-order chi connectivity index (χ0) is 15.2. The van der Waals surface area contributed by atoms with E-state index in [4.69, 9.17) is 9.47 Å². The van der Waals surface area contributed by atoms with Gasteiger partial charge in [0.2, 0.25) is 0 Å². The molecule has 0 amide bonds. The molecule has 1 heterocycles. The lowest BCUT2D eigenvalue weighted by molar-refractivity contribution is -0.383. The Balaban J connectivity index is 2.29. The third-order valence-corrected chi connectivity index (χ3v) is 3.20. The highest BCUT2D eigenvalue weighted by molar-refractivity contribution is 5.99. The van der Waals surface area contributed by atoms with Crippen molar-refractivity contribution < 1.29 is 14.4 Å². The van der Waals surface area contributed by atoms with Crippen LogP contribution in [0.2, 0.25) is 0 Å². The van der Waals surface area contributed by atoms with Crippen LogP contribution in [0, 0.1) is 10.1 Å². The molecule has 1 unspecified atom stereocenters. The summed E-state index contributed by atoms with van der Waals surface area (Å²) in [5.41, 5.74) is 0.847. The molecule has 2 aromatic rings. The van der Waals surface area contributed by atoms with Crippen LogP contribution in [0.1, 0.15) is 0 Å². The number of hydrogen-bond donors (Lipinski definition) is 1. The molecule has 7 heteroatoms. The first-order chi connectivity index (χ1) is 10.2. The summed E-state index contributed by atoms with van der Waals surface area (Å²) in [5, 5.41) is 15.5. The Morgan fingerprint density at radius 3 is 2.81 bits per heavy atom. The number of nitro benzene ring substituents is 1. The van der Waals surface area contributed by atoms with Crippen molar-refractivity contribution in [3.8, 4) is 0 Å². The number of rotatable bonds is 7. The third kappa shape index (κ3) is 3.45. The van der Waals surface area contributed by atoms with Gasteiger partial charge in [-0.1, -0.05) is 0 Å². The number of hydrogen-bond acceptors (Lipinski definition) is 6. The Labute approximate surface area is 122 Å². The fourth-order valence-corrected chi connectivity index (χ4v) is 2.11. The van der Waals surface area contributed by atoms with Gasteiger partial charge in [0, 0.05) is 50.3 Å². The molecule has 112 valence electrons. The van der Waals surface area contributed by atoms with Crippen LogP contribution in [0.15, 0.2) is 30.6 Å². The van der Waals surface area contributed by atoms with Crippen LogP contribution in [-0.2, 0) is 9.47 Å². The Kier molecular flexibility index (Phi) is 5.02. The van der Waals surface area contributed by atoms with Crippen molar-refractivity contribution in [3.63, 3.8) is 0 Å². The normalized spacial score (nSPS) is 12.3. The fraction of sp³-hybridized carbons (Fsp3) is 0.357. The van der Waals surface area contributed by atoms with E-state index < -0.39 is 4.92 Å². The van der Waals surface area contributed by atoms with E-state index in [0.29, 0.717) is 23.9 Å². The lowest BCUT2D eigenvalue weighted by Crippen LogP contribution is -2.26. The molecule has 0 saturated carbocycles. The topological polar surface area (TPSA) is 86.5 Å². The largest absolute Gasteiger partial charge is 0.382 e. The molecule has 0 fully saturated rings. The monoisotopic (exact) mass is 291 g/mol. The van der Waals surface area contributed by atoms with Crippen molar-refractivity contribution in [2.75, 3.05) is 32.7 Å². The van der Waals surface area contributed by atoms with Crippen molar-refractivity contribution in [3.05, 3.63) is 40.7 Å². The number of non-ortho nitro benzene ring substituents is 1. The van der Waals surface area contributed by atoms with Gasteiger partial charge < -0.3 is 14.8 Å². The predicted molar refractivity (Wildman–Crippen MR) is 79.6 cm³/mol. The number of ether oxygens (including phenoxy) is 2. The zero-order valence-corrected chi connectivity index (χ0v) is 11.9. The minimum atomic E-state index is -0.394. The van der Waals surface area contributed by atoms with Crippen LogP contribution in [0.4, 0.5) is 11.4 Å². The molecule has 1 aromatic carbocycles. The van der Waals surface area contributed by atoms with Crippen LogP contribution in [-0.4, -0.2) is 43.4 Å². The van der Waals surface area contributed by atoms with Crippen LogP contribution >= 0.6 is 0 Å². The van der Waals surface area contributed by atoms with Gasteiger partial charge in [-0.05, 0) is 12.1 Å². The first kappa shape index (κ1) is 15.1. The van der Waals surface area contributed by atoms with Gasteiger partial charge in [-0.3, -0.25) is 15.1 Å². The first-order valence-corrected chi connectivity index (χ1v) is 6.44. The maximum Gasteiger partial charge on any atom is 0.277 e. The van der Waals surface area contributed by atoms with E-state index in [0.717, 1.165) is 5.69 Å². The summed E-state index contributed by atoms with van der Waals surface area (Å²) in [7, 11) is 3.22. The Hall–Kier alpha value is -2.25. The summed E-state index contributed by atoms with van der Waals surface area (Å²) in [6.45, 7) is 0.999. The summed E-state index contributed by atoms with van der Waals surface area (Å²) in [6, 6.07) is 4.81. The van der Waals surface area contributed by atoms with E-state index in [2.05, 4.69) is 10.3 Å². The van der Waals surface area contributed by atoms with Crippen molar-refractivity contribution in [1.29, 1.82) is 0 Å². The second-order valence-electron chi connectivity index (χ2n) is 4.50. The van der Waals surface area contributed by atoms with Crippen LogP contribution in [0.3, 0.4) is 0 Å². The maximum absolute atomic E-state index is 11.1. The molecule has 2 rings (SSSR count). The highest BCUT2D eigenvalue weighted by Gasteiger charge is 2.15. The molecule has 1 aromatic heterocycles. The molecule has 21 heavy (non-hydrogen) atoms. The standard InChI is InChI=1S/C14H17N3O4/c1-20-9-10(21-2)7-16-13-3-4-14(17(18)19)11-5-6-15-8-12(11)13/h3-6,8,10,16H,7,9H2,1-2H3. The maximum atomic E-state index is 11.1. The van der Waals surface area contributed by atoms with Crippen LogP contribution < -0.4 is 5.32 Å². The number of aromatic nitrogens is 1. The second kappa shape index (κ2) is 6.96. The third-order valence-electron chi connectivity index (χ3n) is 3.20. The summed E-state index contributed by atoms with van der Waals surface area (Å²) >= 11 is 0. The number of anilines is 1. The lowest BCUT2D eigenvalue weighted by atomic mass is 10.1. The zero-order valence-electron chi connectivity index (χ0n) is 11.9. The molecule has 7 nitrogen and oxygen atoms in total. The van der Waals surface area contributed by atoms with E-state index >= 15 is 0 Å². The van der Waals surface area contributed by atoms with Gasteiger partial charge in [-0.15, -0.1) is 0 Å². The molecule has 1 atom stereocenters. The highest BCUT2D eigenvalue weighted by atomic mass is 16.6. The van der Waals surface area contributed by atoms with E-state index in [1.54, 1.807) is 38.7 Å². The van der Waals surface area contributed by atoms with Crippen molar-refractivity contribution >= 4 is 22.1 Å². The number of nitrogens with one attached hydrogen (secondary N) is 1. The highest BCUT2D eigenvalue weighted by Crippen LogP contribution is 2.30. The Morgan fingerprint density at radius 1 is 1.33 bits per heavy atom. The number of methoxy groups -OCH3 is 2. The molecular formula is C14H17N3O4. The van der Waals surface area contributed by atoms with E-state index in [9.17, 15) is 10.1 Å². The molecular weight excluding hydrogens is 274 g/mol. The molecule has 1 N–H and O–H groups in total. The molecule has 0 aliphatic rings. The minimum Gasteiger partial charge on any atom is -0.382 e. The van der Waals surface area contributed by atoms with Gasteiger partial charge in [0.15, 0.2) is 0 Å². The van der Waals surface area contributed by atoms with Gasteiger partial charge in [-0.2, -0.15) is 0 Å². The summed E-state index contributed by atoms with van der Waals surface area (Å²) in [6.07, 6.45) is 3.06. The second-order valence-corrected chi connectivity index (χ2v) is 4.50. The SMILES string of the molecule is COCC(CNc1ccc([N+](=O)[O-])c2ccncc12)OC. The minimum absolute atomic E-state index is 0.0677. The predicted octanol–water partition coefficient (Wildman–Crippen LogP) is 2.22. The fourth-order valence-electron chi connectivity index (χ4n) is 2.11. The van der Waals surface area contributed by atoms with Crippen LogP contribution in [0.5, 0.6) is 0 Å². The van der Waals surface area contributed by atoms with Gasteiger partial charge in [0.25, 0.3) is 5.69 Å². The first-order valence-electron chi connectivity index (χ1n) is 6.44. The molecule has 0 aliphatic heterocycles. The number of pyridine rings is 1. The molecule has 0 radical (unpaired) electrons. The quantitative estimate of drug-likeness (QED) is 0.621. The smallest absolute Gasteiger partial charge is 0.277 e. The molecule has 0 saturated heterocycles. The number of nitrogens with zero attached hydrogens (tertiary/aromatic N) is 2. The number of fused-ring (bicyclic) bond motifs is 1. The summed E-state index contributed by atoms with van der Waals surface area (Å²) in [5.74, 6) is 0. The lowest BCUT2D eigenvalue weighted by Gasteiger charge is -2.16. The molecule has 0 spiro atoms. The number of nitro groups is 1. The Morgan fingerprint density at radius 2 is 2.14 bits per heavy atom. The summed E-state index contributed by atoms with van der Waals surface area (Å²) in [4.78, 5) is 14.7. The van der Waals surface area contributed by atoms with Crippen LogP contribution in [0.25, 0.3) is 10.8 Å². The Bertz CT molecular complexity index is 633. The molecule has 0 bridgehead atoms. The van der Waals surface area contributed by atoms with E-state index in [-0.39, 0.29) is 11.8 Å². The van der Waals surface area contributed by atoms with E-state index in [1.165, 1.54) is 6.07 Å². The van der Waals surface area contributed by atoms with Crippen molar-refractivity contribution in [1.82, 2.24) is 4.98 Å². The van der Waals surface area contributed by atoms with Gasteiger partial charge in [0.05, 0.1) is 23.0 Å². The molecule has 0 aliphatic carbocycles. The van der Waals surface area contributed by atoms with Crippen molar-refractivity contribution in [2.24, 2.45) is 0 Å². The van der Waals surface area contributed by atoms with Gasteiger partial charge in [-0.25, -0.2) is 0 Å². The average molecular weight is 291 g/mol. The average Bonchev–Trinajstić information content (AvgIpc) is 2.50. The number of benzene rings is 1. The van der Waals surface area contributed by atoms with E-state index in [1.807, 2.05) is 0 Å². The van der Waals surface area contributed by atoms with Crippen molar-refractivity contribution in [2.45, 2.75) is 6.10 Å². The van der Waals surface area contributed by atoms with Gasteiger partial charge in [0.1, 0.15) is 0 Å². The van der Waals surface area contributed by atoms with Gasteiger partial charge >= 0.3 is 0 Å².